The Bertz CT molecular complexity index is 40.0. The maximum absolute atomic E-state index is 5.17. The van der Waals surface area contributed by atoms with Gasteiger partial charge in [0, 0.05) is 40.4 Å². The van der Waals surface area contributed by atoms with Crippen molar-refractivity contribution >= 4 is 0 Å². The first kappa shape index (κ1) is 12.5. The summed E-state index contributed by atoms with van der Waals surface area (Å²) in [6, 6.07) is 0. The van der Waals surface area contributed by atoms with Gasteiger partial charge in [0.05, 0.1) is 0 Å². The van der Waals surface area contributed by atoms with E-state index in [0.29, 0.717) is 13.1 Å². The lowest BCUT2D eigenvalue weighted by Gasteiger charge is -1.95. The van der Waals surface area contributed by atoms with Crippen LogP contribution >= 0.6 is 0 Å². The molecule has 0 aliphatic rings. The molecule has 4 nitrogen and oxygen atoms in total. The van der Waals surface area contributed by atoms with Gasteiger partial charge in [-0.25, -0.2) is 0 Å². The van der Waals surface area contributed by atoms with E-state index in [2.05, 4.69) is 10.1 Å². The van der Waals surface area contributed by atoms with Crippen molar-refractivity contribution in [1.29, 1.82) is 0 Å². The van der Waals surface area contributed by atoms with Crippen LogP contribution in [-0.2, 0) is 4.74 Å². The van der Waals surface area contributed by atoms with E-state index in [1.807, 2.05) is 0 Å². The molecule has 64 valence electrons. The van der Waals surface area contributed by atoms with E-state index >= 15 is 0 Å². The average Bonchev–Trinajstić information content (AvgIpc) is 1.91. The molecule has 0 saturated carbocycles. The number of nitrogens with one attached hydrogen (secondary N) is 1. The second-order valence-electron chi connectivity index (χ2n) is 1.74. The van der Waals surface area contributed by atoms with Gasteiger partial charge in [-0.1, -0.05) is 0 Å². The van der Waals surface area contributed by atoms with Crippen LogP contribution in [0.15, 0.2) is 0 Å². The lowest BCUT2D eigenvalue weighted by atomic mass is 10.6. The van der Waals surface area contributed by atoms with Crippen molar-refractivity contribution in [3.8, 4) is 0 Å². The van der Waals surface area contributed by atoms with Crippen LogP contribution in [0.2, 0.25) is 0 Å². The number of methoxy groups -OCH3 is 1. The number of rotatable bonds is 4. The Morgan fingerprint density at radius 2 is 1.40 bits per heavy atom. The molecule has 0 aromatic carbocycles. The summed E-state index contributed by atoms with van der Waals surface area (Å²) in [5, 5.41) is 3.03. The second-order valence-corrected chi connectivity index (χ2v) is 1.74. The van der Waals surface area contributed by atoms with E-state index in [9.17, 15) is 0 Å². The SMILES string of the molecule is COC.NCCNCCN. The van der Waals surface area contributed by atoms with Crippen LogP contribution in [0, 0.1) is 0 Å². The Balaban J connectivity index is 0. The van der Waals surface area contributed by atoms with E-state index in [4.69, 9.17) is 11.5 Å². The summed E-state index contributed by atoms with van der Waals surface area (Å²) in [7, 11) is 3.25. The van der Waals surface area contributed by atoms with Gasteiger partial charge >= 0.3 is 0 Å². The Labute approximate surface area is 62.9 Å². The van der Waals surface area contributed by atoms with Crippen LogP contribution in [0.1, 0.15) is 0 Å². The monoisotopic (exact) mass is 149 g/mol. The van der Waals surface area contributed by atoms with Crippen molar-refractivity contribution in [1.82, 2.24) is 5.32 Å². The maximum atomic E-state index is 5.17. The minimum Gasteiger partial charge on any atom is -0.388 e. The predicted octanol–water partition coefficient (Wildman–Crippen LogP) is -1.24. The highest BCUT2D eigenvalue weighted by atomic mass is 16.4. The third kappa shape index (κ3) is 24.9. The molecule has 0 aliphatic carbocycles. The van der Waals surface area contributed by atoms with Gasteiger partial charge in [-0.3, -0.25) is 0 Å². The number of hydrogen-bond donors (Lipinski definition) is 3. The van der Waals surface area contributed by atoms with Crippen molar-refractivity contribution in [2.45, 2.75) is 0 Å². The third-order valence-electron chi connectivity index (χ3n) is 0.642. The zero-order valence-corrected chi connectivity index (χ0v) is 6.89. The van der Waals surface area contributed by atoms with Crippen LogP contribution in [0.5, 0.6) is 0 Å². The molecule has 0 radical (unpaired) electrons. The summed E-state index contributed by atoms with van der Waals surface area (Å²) in [4.78, 5) is 0. The molecule has 0 aromatic rings. The average molecular weight is 149 g/mol. The summed E-state index contributed by atoms with van der Waals surface area (Å²) in [6.45, 7) is 3.13. The first-order chi connectivity index (χ1) is 4.83. The lowest BCUT2D eigenvalue weighted by molar-refractivity contribution is 0.277. The van der Waals surface area contributed by atoms with E-state index in [0.717, 1.165) is 13.1 Å². The Hall–Kier alpha value is -0.160. The van der Waals surface area contributed by atoms with Gasteiger partial charge in [-0.15, -0.1) is 0 Å². The van der Waals surface area contributed by atoms with E-state index in [1.165, 1.54) is 0 Å². The van der Waals surface area contributed by atoms with Crippen LogP contribution in [0.3, 0.4) is 0 Å². The van der Waals surface area contributed by atoms with E-state index in [-0.39, 0.29) is 0 Å². The van der Waals surface area contributed by atoms with Crippen molar-refractivity contribution < 1.29 is 4.74 Å². The Kier molecular flexibility index (Phi) is 19.9. The normalized spacial score (nSPS) is 8.40. The highest BCUT2D eigenvalue weighted by molar-refractivity contribution is 4.45. The first-order valence-corrected chi connectivity index (χ1v) is 3.34. The molecule has 0 rings (SSSR count). The van der Waals surface area contributed by atoms with Gasteiger partial charge in [0.1, 0.15) is 0 Å². The number of ether oxygens (including phenoxy) is 1. The minimum absolute atomic E-state index is 0.694. The smallest absolute Gasteiger partial charge is 0.0351 e. The van der Waals surface area contributed by atoms with Crippen molar-refractivity contribution in [2.24, 2.45) is 11.5 Å². The van der Waals surface area contributed by atoms with Crippen molar-refractivity contribution in [3.05, 3.63) is 0 Å². The summed E-state index contributed by atoms with van der Waals surface area (Å²) >= 11 is 0. The molecule has 10 heavy (non-hydrogen) atoms. The van der Waals surface area contributed by atoms with Gasteiger partial charge in [0.2, 0.25) is 0 Å². The molecule has 0 aromatic heterocycles. The van der Waals surface area contributed by atoms with Crippen LogP contribution in [-0.4, -0.2) is 40.4 Å². The summed E-state index contributed by atoms with van der Waals surface area (Å²) in [5.74, 6) is 0. The zero-order chi connectivity index (χ0) is 8.24. The van der Waals surface area contributed by atoms with Gasteiger partial charge in [-0.2, -0.15) is 0 Å². The van der Waals surface area contributed by atoms with Crippen molar-refractivity contribution in [2.75, 3.05) is 40.4 Å². The predicted molar refractivity (Wildman–Crippen MR) is 43.9 cm³/mol. The van der Waals surface area contributed by atoms with E-state index < -0.39 is 0 Å². The molecule has 0 heterocycles. The van der Waals surface area contributed by atoms with Crippen LogP contribution in [0.25, 0.3) is 0 Å². The Morgan fingerprint density at radius 3 is 1.60 bits per heavy atom. The fourth-order valence-electron chi connectivity index (χ4n) is 0.329. The molecule has 4 heteroatoms. The second kappa shape index (κ2) is 15.9. The highest BCUT2D eigenvalue weighted by Gasteiger charge is 1.76. The quantitative estimate of drug-likeness (QED) is 0.437. The van der Waals surface area contributed by atoms with Gasteiger partial charge in [0.25, 0.3) is 0 Å². The highest BCUT2D eigenvalue weighted by Crippen LogP contribution is 1.49. The van der Waals surface area contributed by atoms with Crippen LogP contribution < -0.4 is 16.8 Å². The molecule has 0 unspecified atom stereocenters. The summed E-state index contributed by atoms with van der Waals surface area (Å²) in [5.41, 5.74) is 10.3. The molecular formula is C6H19N3O. The van der Waals surface area contributed by atoms with Gasteiger partial charge < -0.3 is 21.5 Å². The molecule has 0 fully saturated rings. The molecular weight excluding hydrogens is 130 g/mol. The molecule has 0 bridgehead atoms. The zero-order valence-electron chi connectivity index (χ0n) is 6.89. The topological polar surface area (TPSA) is 73.3 Å². The maximum Gasteiger partial charge on any atom is 0.0351 e. The lowest BCUT2D eigenvalue weighted by Crippen LogP contribution is -2.27. The fourth-order valence-corrected chi connectivity index (χ4v) is 0.329. The fraction of sp³-hybridized carbons (Fsp3) is 1.00. The molecule has 0 spiro atoms. The minimum atomic E-state index is 0.694. The first-order valence-electron chi connectivity index (χ1n) is 3.34. The largest absolute Gasteiger partial charge is 0.388 e. The number of nitrogens with two attached hydrogens (primary N) is 2. The molecule has 5 N–H and O–H groups in total. The van der Waals surface area contributed by atoms with Gasteiger partial charge in [0.15, 0.2) is 0 Å². The van der Waals surface area contributed by atoms with Crippen LogP contribution in [0.4, 0.5) is 0 Å². The van der Waals surface area contributed by atoms with Gasteiger partial charge in [-0.05, 0) is 0 Å². The molecule has 0 amide bonds. The molecule has 0 aliphatic heterocycles. The molecule has 0 atom stereocenters. The molecule has 0 saturated heterocycles. The number of hydrogen-bond acceptors (Lipinski definition) is 4. The summed E-state index contributed by atoms with van der Waals surface area (Å²) < 4.78 is 4.25. The Morgan fingerprint density at radius 1 is 1.10 bits per heavy atom. The third-order valence-corrected chi connectivity index (χ3v) is 0.642. The van der Waals surface area contributed by atoms with Crippen molar-refractivity contribution in [3.63, 3.8) is 0 Å². The van der Waals surface area contributed by atoms with E-state index in [1.54, 1.807) is 14.2 Å². The summed E-state index contributed by atoms with van der Waals surface area (Å²) in [6.07, 6.45) is 0. The standard InChI is InChI=1S/C4H13N3.C2H6O/c5-1-3-7-4-2-6;1-3-2/h7H,1-6H2;1-2H3.